The lowest BCUT2D eigenvalue weighted by Gasteiger charge is -2.24. The smallest absolute Gasteiger partial charge is 0.223 e. The van der Waals surface area contributed by atoms with Crippen molar-refractivity contribution in [3.63, 3.8) is 0 Å². The van der Waals surface area contributed by atoms with Crippen LogP contribution in [0.2, 0.25) is 0 Å². The number of nitrogens with zero attached hydrogens (tertiary/aromatic N) is 3. The molecule has 1 aromatic rings. The SMILES string of the molecule is CC(CO)N(C)c1cc(NN)nc(N)n1. The molecule has 0 aromatic carbocycles. The minimum Gasteiger partial charge on any atom is -0.394 e. The molecule has 0 bridgehead atoms. The monoisotopic (exact) mass is 212 g/mol. The van der Waals surface area contributed by atoms with Crippen LogP contribution in [-0.2, 0) is 0 Å². The first-order chi connectivity index (χ1) is 7.08. The molecule has 0 aliphatic rings. The molecule has 0 fully saturated rings. The Morgan fingerprint density at radius 2 is 2.27 bits per heavy atom. The van der Waals surface area contributed by atoms with Crippen LogP contribution < -0.4 is 21.9 Å². The minimum absolute atomic E-state index is 0.0335. The van der Waals surface area contributed by atoms with Gasteiger partial charge in [0.2, 0.25) is 5.95 Å². The summed E-state index contributed by atoms with van der Waals surface area (Å²) in [7, 11) is 1.81. The van der Waals surface area contributed by atoms with E-state index < -0.39 is 0 Å². The van der Waals surface area contributed by atoms with Crippen LogP contribution in [0.4, 0.5) is 17.6 Å². The Bertz CT molecular complexity index is 331. The van der Waals surface area contributed by atoms with Gasteiger partial charge in [-0.05, 0) is 6.92 Å². The second kappa shape index (κ2) is 4.76. The van der Waals surface area contributed by atoms with Crippen LogP contribution in [0.15, 0.2) is 6.07 Å². The molecule has 84 valence electrons. The maximum atomic E-state index is 9.01. The first-order valence-corrected chi connectivity index (χ1v) is 4.53. The van der Waals surface area contributed by atoms with Crippen LogP contribution in [-0.4, -0.2) is 34.8 Å². The maximum Gasteiger partial charge on any atom is 0.223 e. The average Bonchev–Trinajstić information content (AvgIpc) is 2.26. The van der Waals surface area contributed by atoms with E-state index in [9.17, 15) is 0 Å². The van der Waals surface area contributed by atoms with Crippen molar-refractivity contribution in [2.45, 2.75) is 13.0 Å². The summed E-state index contributed by atoms with van der Waals surface area (Å²) in [6.45, 7) is 1.90. The molecule has 0 saturated heterocycles. The predicted molar refractivity (Wildman–Crippen MR) is 59.2 cm³/mol. The lowest BCUT2D eigenvalue weighted by molar-refractivity contribution is 0.270. The third-order valence-corrected chi connectivity index (χ3v) is 2.16. The molecule has 1 atom stereocenters. The zero-order chi connectivity index (χ0) is 11.4. The van der Waals surface area contributed by atoms with E-state index in [0.29, 0.717) is 11.6 Å². The van der Waals surface area contributed by atoms with E-state index in [4.69, 9.17) is 16.7 Å². The van der Waals surface area contributed by atoms with Gasteiger partial charge in [0.25, 0.3) is 0 Å². The van der Waals surface area contributed by atoms with Crippen LogP contribution in [0.3, 0.4) is 0 Å². The van der Waals surface area contributed by atoms with E-state index in [0.717, 1.165) is 0 Å². The molecule has 1 aromatic heterocycles. The van der Waals surface area contributed by atoms with Gasteiger partial charge in [-0.1, -0.05) is 0 Å². The van der Waals surface area contributed by atoms with Crippen molar-refractivity contribution in [1.82, 2.24) is 9.97 Å². The summed E-state index contributed by atoms with van der Waals surface area (Å²) in [6, 6.07) is 1.60. The Kier molecular flexibility index (Phi) is 3.64. The van der Waals surface area contributed by atoms with Crippen molar-refractivity contribution in [2.75, 3.05) is 29.7 Å². The molecule has 6 N–H and O–H groups in total. The fourth-order valence-corrected chi connectivity index (χ4v) is 1.06. The number of hydrazine groups is 1. The predicted octanol–water partition coefficient (Wildman–Crippen LogP) is -0.839. The number of nitrogens with one attached hydrogen (secondary N) is 1. The van der Waals surface area contributed by atoms with Crippen molar-refractivity contribution in [3.05, 3.63) is 6.07 Å². The summed E-state index contributed by atoms with van der Waals surface area (Å²) in [4.78, 5) is 9.69. The van der Waals surface area contributed by atoms with Crippen molar-refractivity contribution in [2.24, 2.45) is 5.84 Å². The lowest BCUT2D eigenvalue weighted by Crippen LogP contribution is -2.32. The van der Waals surface area contributed by atoms with Gasteiger partial charge in [-0.3, -0.25) is 0 Å². The fourth-order valence-electron chi connectivity index (χ4n) is 1.06. The Morgan fingerprint density at radius 3 is 2.80 bits per heavy atom. The fraction of sp³-hybridized carbons (Fsp3) is 0.500. The van der Waals surface area contributed by atoms with E-state index in [2.05, 4.69) is 15.4 Å². The number of hydrogen-bond donors (Lipinski definition) is 4. The van der Waals surface area contributed by atoms with E-state index >= 15 is 0 Å². The van der Waals surface area contributed by atoms with Gasteiger partial charge in [-0.15, -0.1) is 0 Å². The second-order valence-corrected chi connectivity index (χ2v) is 3.26. The van der Waals surface area contributed by atoms with Crippen molar-refractivity contribution >= 4 is 17.6 Å². The van der Waals surface area contributed by atoms with Gasteiger partial charge >= 0.3 is 0 Å². The van der Waals surface area contributed by atoms with Gasteiger partial charge in [-0.25, -0.2) is 5.84 Å². The third kappa shape index (κ3) is 2.67. The normalized spacial score (nSPS) is 12.3. The van der Waals surface area contributed by atoms with Gasteiger partial charge in [0.15, 0.2) is 0 Å². The molecular formula is C8H16N6O. The summed E-state index contributed by atoms with van der Waals surface area (Å²) >= 11 is 0. The van der Waals surface area contributed by atoms with Crippen molar-refractivity contribution in [1.29, 1.82) is 0 Å². The summed E-state index contributed by atoms with van der Waals surface area (Å²) in [5, 5.41) is 9.01. The van der Waals surface area contributed by atoms with Gasteiger partial charge in [0, 0.05) is 13.1 Å². The molecule has 1 unspecified atom stereocenters. The summed E-state index contributed by atoms with van der Waals surface area (Å²) in [5.74, 6) is 6.42. The number of nitrogen functional groups attached to an aromatic ring is 2. The zero-order valence-electron chi connectivity index (χ0n) is 8.81. The number of nitrogens with two attached hydrogens (primary N) is 2. The summed E-state index contributed by atoms with van der Waals surface area (Å²) < 4.78 is 0. The highest BCUT2D eigenvalue weighted by Gasteiger charge is 2.11. The number of aromatic nitrogens is 2. The number of aliphatic hydroxyl groups is 1. The number of aliphatic hydroxyl groups excluding tert-OH is 1. The molecule has 7 nitrogen and oxygen atoms in total. The Hall–Kier alpha value is -1.60. The standard InChI is InChI=1S/C8H16N6O/c1-5(4-15)14(2)7-3-6(13-10)11-8(9)12-7/h3,5,15H,4,10H2,1-2H3,(H3,9,11,12,13). The molecule has 0 radical (unpaired) electrons. The molecule has 1 rings (SSSR count). The number of anilines is 3. The average molecular weight is 212 g/mol. The van der Waals surface area contributed by atoms with Crippen LogP contribution in [0.1, 0.15) is 6.92 Å². The van der Waals surface area contributed by atoms with Gasteiger partial charge < -0.3 is 21.2 Å². The maximum absolute atomic E-state index is 9.01. The number of hydrogen-bond acceptors (Lipinski definition) is 7. The van der Waals surface area contributed by atoms with Crippen LogP contribution in [0.25, 0.3) is 0 Å². The summed E-state index contributed by atoms with van der Waals surface area (Å²) in [6.07, 6.45) is 0. The Labute approximate surface area is 88.1 Å². The molecule has 1 heterocycles. The van der Waals surface area contributed by atoms with Crippen LogP contribution in [0, 0.1) is 0 Å². The molecule has 0 aliphatic carbocycles. The van der Waals surface area contributed by atoms with E-state index in [1.54, 1.807) is 11.0 Å². The molecule has 0 aliphatic heterocycles. The highest BCUT2D eigenvalue weighted by molar-refractivity contribution is 5.52. The number of likely N-dealkylation sites (N-methyl/N-ethyl adjacent to an activating group) is 1. The van der Waals surface area contributed by atoms with Gasteiger partial charge in [0.1, 0.15) is 11.6 Å². The summed E-state index contributed by atoms with van der Waals surface area (Å²) in [5.41, 5.74) is 7.91. The van der Waals surface area contributed by atoms with E-state index in [1.165, 1.54) is 0 Å². The molecule has 0 saturated carbocycles. The second-order valence-electron chi connectivity index (χ2n) is 3.26. The quantitative estimate of drug-likeness (QED) is 0.380. The molecule has 15 heavy (non-hydrogen) atoms. The van der Waals surface area contributed by atoms with E-state index in [1.807, 2.05) is 14.0 Å². The third-order valence-electron chi connectivity index (χ3n) is 2.16. The molecular weight excluding hydrogens is 196 g/mol. The molecule has 0 spiro atoms. The molecule has 7 heteroatoms. The largest absolute Gasteiger partial charge is 0.394 e. The van der Waals surface area contributed by atoms with Crippen molar-refractivity contribution in [3.8, 4) is 0 Å². The van der Waals surface area contributed by atoms with Gasteiger partial charge in [0.05, 0.1) is 12.6 Å². The Balaban J connectivity index is 2.97. The highest BCUT2D eigenvalue weighted by atomic mass is 16.3. The van der Waals surface area contributed by atoms with Gasteiger partial charge in [-0.2, -0.15) is 9.97 Å². The van der Waals surface area contributed by atoms with Crippen LogP contribution in [0.5, 0.6) is 0 Å². The zero-order valence-corrected chi connectivity index (χ0v) is 8.81. The first kappa shape index (κ1) is 11.5. The number of rotatable bonds is 4. The van der Waals surface area contributed by atoms with E-state index in [-0.39, 0.29) is 18.6 Å². The minimum atomic E-state index is -0.0510. The first-order valence-electron chi connectivity index (χ1n) is 4.53. The lowest BCUT2D eigenvalue weighted by atomic mass is 10.3. The van der Waals surface area contributed by atoms with Crippen molar-refractivity contribution < 1.29 is 5.11 Å². The molecule has 0 amide bonds. The van der Waals surface area contributed by atoms with Crippen LogP contribution >= 0.6 is 0 Å². The topological polar surface area (TPSA) is 113 Å². The Morgan fingerprint density at radius 1 is 1.60 bits per heavy atom. The highest BCUT2D eigenvalue weighted by Crippen LogP contribution is 2.16.